The van der Waals surface area contributed by atoms with Crippen LogP contribution in [-0.2, 0) is 9.53 Å². The first kappa shape index (κ1) is 14.7. The lowest BCUT2D eigenvalue weighted by Crippen LogP contribution is -2.28. The standard InChI is InChI=1S/C16H23NO3/c1-12-5-2-3-8-15(12)20-16(18)9-10-19-14-7-4-6-13(17)11-14/h4,6-7,11-12,15H,2-3,5,8-10,17H2,1H3. The molecule has 1 aliphatic carbocycles. The summed E-state index contributed by atoms with van der Waals surface area (Å²) in [5.74, 6) is 0.985. The van der Waals surface area contributed by atoms with Gasteiger partial charge in [-0.15, -0.1) is 0 Å². The fourth-order valence-corrected chi connectivity index (χ4v) is 2.54. The number of nitrogens with two attached hydrogens (primary N) is 1. The van der Waals surface area contributed by atoms with Crippen molar-refractivity contribution in [1.29, 1.82) is 0 Å². The van der Waals surface area contributed by atoms with Crippen molar-refractivity contribution in [1.82, 2.24) is 0 Å². The van der Waals surface area contributed by atoms with Gasteiger partial charge in [-0.25, -0.2) is 0 Å². The van der Waals surface area contributed by atoms with Crippen LogP contribution in [0.3, 0.4) is 0 Å². The quantitative estimate of drug-likeness (QED) is 0.663. The van der Waals surface area contributed by atoms with E-state index in [1.165, 1.54) is 6.42 Å². The Hall–Kier alpha value is -1.71. The Morgan fingerprint density at radius 1 is 1.35 bits per heavy atom. The van der Waals surface area contributed by atoms with Crippen LogP contribution in [0.4, 0.5) is 5.69 Å². The summed E-state index contributed by atoms with van der Waals surface area (Å²) in [6, 6.07) is 7.19. The molecule has 2 atom stereocenters. The van der Waals surface area contributed by atoms with Gasteiger partial charge in [0, 0.05) is 11.8 Å². The zero-order valence-corrected chi connectivity index (χ0v) is 12.0. The molecular weight excluding hydrogens is 254 g/mol. The molecule has 0 radical (unpaired) electrons. The van der Waals surface area contributed by atoms with Crippen LogP contribution in [-0.4, -0.2) is 18.7 Å². The number of ether oxygens (including phenoxy) is 2. The highest BCUT2D eigenvalue weighted by atomic mass is 16.5. The van der Waals surface area contributed by atoms with E-state index in [2.05, 4.69) is 6.92 Å². The van der Waals surface area contributed by atoms with E-state index in [1.807, 2.05) is 12.1 Å². The van der Waals surface area contributed by atoms with Gasteiger partial charge < -0.3 is 15.2 Å². The van der Waals surface area contributed by atoms with Crippen LogP contribution < -0.4 is 10.5 Å². The van der Waals surface area contributed by atoms with E-state index < -0.39 is 0 Å². The Morgan fingerprint density at radius 2 is 2.15 bits per heavy atom. The van der Waals surface area contributed by atoms with E-state index in [4.69, 9.17) is 15.2 Å². The van der Waals surface area contributed by atoms with Crippen molar-refractivity contribution < 1.29 is 14.3 Å². The lowest BCUT2D eigenvalue weighted by molar-refractivity contribution is -0.153. The molecule has 110 valence electrons. The van der Waals surface area contributed by atoms with Gasteiger partial charge >= 0.3 is 5.97 Å². The minimum Gasteiger partial charge on any atom is -0.493 e. The van der Waals surface area contributed by atoms with Crippen LogP contribution in [0.5, 0.6) is 5.75 Å². The predicted octanol–water partition coefficient (Wildman–Crippen LogP) is 3.16. The van der Waals surface area contributed by atoms with Crippen LogP contribution in [0.15, 0.2) is 24.3 Å². The molecule has 2 unspecified atom stereocenters. The first-order valence-corrected chi connectivity index (χ1v) is 7.33. The molecule has 0 aliphatic heterocycles. The third-order valence-corrected chi connectivity index (χ3v) is 3.75. The molecule has 0 heterocycles. The summed E-state index contributed by atoms with van der Waals surface area (Å²) in [5, 5.41) is 0. The van der Waals surface area contributed by atoms with Crippen molar-refractivity contribution in [2.75, 3.05) is 12.3 Å². The minimum absolute atomic E-state index is 0.0867. The average molecular weight is 277 g/mol. The second-order valence-electron chi connectivity index (χ2n) is 5.46. The lowest BCUT2D eigenvalue weighted by Gasteiger charge is -2.28. The number of hydrogen-bond donors (Lipinski definition) is 1. The van der Waals surface area contributed by atoms with Gasteiger partial charge in [0.15, 0.2) is 0 Å². The Balaban J connectivity index is 1.70. The summed E-state index contributed by atoms with van der Waals surface area (Å²) in [6.45, 7) is 2.48. The highest BCUT2D eigenvalue weighted by Crippen LogP contribution is 2.26. The van der Waals surface area contributed by atoms with E-state index >= 15 is 0 Å². The Labute approximate surface area is 120 Å². The van der Waals surface area contributed by atoms with Crippen molar-refractivity contribution in [3.8, 4) is 5.75 Å². The van der Waals surface area contributed by atoms with Gasteiger partial charge in [-0.2, -0.15) is 0 Å². The molecule has 0 aromatic heterocycles. The molecule has 1 aliphatic rings. The van der Waals surface area contributed by atoms with Crippen molar-refractivity contribution in [2.45, 2.75) is 45.1 Å². The number of carbonyl (C=O) groups excluding carboxylic acids is 1. The van der Waals surface area contributed by atoms with Gasteiger partial charge in [-0.05, 0) is 37.3 Å². The number of hydrogen-bond acceptors (Lipinski definition) is 4. The molecule has 0 amide bonds. The maximum atomic E-state index is 11.8. The van der Waals surface area contributed by atoms with E-state index in [0.29, 0.717) is 24.0 Å². The van der Waals surface area contributed by atoms with Crippen LogP contribution >= 0.6 is 0 Å². The zero-order chi connectivity index (χ0) is 14.4. The van der Waals surface area contributed by atoms with Gasteiger partial charge in [-0.1, -0.05) is 19.4 Å². The average Bonchev–Trinajstić information content (AvgIpc) is 2.41. The molecule has 1 fully saturated rings. The first-order valence-electron chi connectivity index (χ1n) is 7.33. The monoisotopic (exact) mass is 277 g/mol. The van der Waals surface area contributed by atoms with Gasteiger partial charge in [0.25, 0.3) is 0 Å². The highest BCUT2D eigenvalue weighted by Gasteiger charge is 2.24. The topological polar surface area (TPSA) is 61.5 Å². The van der Waals surface area contributed by atoms with Crippen molar-refractivity contribution >= 4 is 11.7 Å². The fourth-order valence-electron chi connectivity index (χ4n) is 2.54. The van der Waals surface area contributed by atoms with Crippen LogP contribution in [0, 0.1) is 5.92 Å². The summed E-state index contributed by atoms with van der Waals surface area (Å²) >= 11 is 0. The maximum absolute atomic E-state index is 11.8. The number of benzene rings is 1. The van der Waals surface area contributed by atoms with E-state index in [9.17, 15) is 4.79 Å². The molecule has 4 nitrogen and oxygen atoms in total. The van der Waals surface area contributed by atoms with Crippen LogP contribution in [0.1, 0.15) is 39.0 Å². The summed E-state index contributed by atoms with van der Waals surface area (Å²) in [7, 11) is 0. The fraction of sp³-hybridized carbons (Fsp3) is 0.562. The molecule has 0 spiro atoms. The van der Waals surface area contributed by atoms with Crippen LogP contribution in [0.2, 0.25) is 0 Å². The zero-order valence-electron chi connectivity index (χ0n) is 12.0. The smallest absolute Gasteiger partial charge is 0.309 e. The second kappa shape index (κ2) is 7.17. The molecule has 20 heavy (non-hydrogen) atoms. The van der Waals surface area contributed by atoms with E-state index in [-0.39, 0.29) is 18.5 Å². The Kier molecular flexibility index (Phi) is 5.27. The number of rotatable bonds is 5. The number of anilines is 1. The first-order chi connectivity index (χ1) is 9.65. The molecule has 2 rings (SSSR count). The largest absolute Gasteiger partial charge is 0.493 e. The molecule has 1 saturated carbocycles. The third kappa shape index (κ3) is 4.44. The SMILES string of the molecule is CC1CCCCC1OC(=O)CCOc1cccc(N)c1. The summed E-state index contributed by atoms with van der Waals surface area (Å²) in [4.78, 5) is 11.8. The second-order valence-corrected chi connectivity index (χ2v) is 5.46. The lowest BCUT2D eigenvalue weighted by atomic mass is 9.88. The van der Waals surface area contributed by atoms with Crippen molar-refractivity contribution in [3.05, 3.63) is 24.3 Å². The van der Waals surface area contributed by atoms with Crippen LogP contribution in [0.25, 0.3) is 0 Å². The van der Waals surface area contributed by atoms with E-state index in [1.54, 1.807) is 12.1 Å². The molecule has 0 saturated heterocycles. The molecule has 1 aromatic rings. The highest BCUT2D eigenvalue weighted by molar-refractivity contribution is 5.69. The summed E-state index contributed by atoms with van der Waals surface area (Å²) in [6.07, 6.45) is 4.90. The molecule has 2 N–H and O–H groups in total. The molecule has 0 bridgehead atoms. The van der Waals surface area contributed by atoms with E-state index in [0.717, 1.165) is 19.3 Å². The van der Waals surface area contributed by atoms with Gasteiger partial charge in [0.2, 0.25) is 0 Å². The van der Waals surface area contributed by atoms with Gasteiger partial charge in [0.05, 0.1) is 13.0 Å². The normalized spacial score (nSPS) is 22.2. The number of nitrogen functional groups attached to an aromatic ring is 1. The van der Waals surface area contributed by atoms with Crippen molar-refractivity contribution in [2.24, 2.45) is 5.92 Å². The number of esters is 1. The number of carbonyl (C=O) groups is 1. The molecule has 4 heteroatoms. The molecule has 1 aromatic carbocycles. The Bertz CT molecular complexity index is 447. The maximum Gasteiger partial charge on any atom is 0.309 e. The predicted molar refractivity (Wildman–Crippen MR) is 78.5 cm³/mol. The third-order valence-electron chi connectivity index (χ3n) is 3.75. The van der Waals surface area contributed by atoms with Gasteiger partial charge in [-0.3, -0.25) is 4.79 Å². The minimum atomic E-state index is -0.173. The Morgan fingerprint density at radius 3 is 2.90 bits per heavy atom. The van der Waals surface area contributed by atoms with Crippen molar-refractivity contribution in [3.63, 3.8) is 0 Å². The van der Waals surface area contributed by atoms with Gasteiger partial charge in [0.1, 0.15) is 11.9 Å². The summed E-state index contributed by atoms with van der Waals surface area (Å²) in [5.41, 5.74) is 6.31. The molecular formula is C16H23NO3. The summed E-state index contributed by atoms with van der Waals surface area (Å²) < 4.78 is 11.0.